The van der Waals surface area contributed by atoms with Crippen molar-refractivity contribution in [1.29, 1.82) is 0 Å². The monoisotopic (exact) mass is 224 g/mol. The molecule has 3 fully saturated rings. The molecule has 3 saturated heterocycles. The molecule has 3 heterocycles. The van der Waals surface area contributed by atoms with Gasteiger partial charge in [0, 0.05) is 25.2 Å². The van der Waals surface area contributed by atoms with Gasteiger partial charge in [0.1, 0.15) is 0 Å². The molecular formula is C13H24N2O. The van der Waals surface area contributed by atoms with Crippen molar-refractivity contribution >= 4 is 0 Å². The van der Waals surface area contributed by atoms with Crippen LogP contribution in [0, 0.1) is 11.8 Å². The summed E-state index contributed by atoms with van der Waals surface area (Å²) in [6, 6.07) is 1.65. The average molecular weight is 224 g/mol. The zero-order chi connectivity index (χ0) is 11.0. The van der Waals surface area contributed by atoms with Crippen molar-refractivity contribution in [2.75, 3.05) is 19.7 Å². The molecule has 0 aromatic heterocycles. The Balaban J connectivity index is 1.37. The first-order valence-electron chi connectivity index (χ1n) is 6.91. The lowest BCUT2D eigenvalue weighted by Crippen LogP contribution is -2.35. The van der Waals surface area contributed by atoms with E-state index >= 15 is 0 Å². The third-order valence-electron chi connectivity index (χ3n) is 4.78. The molecule has 2 N–H and O–H groups in total. The van der Waals surface area contributed by atoms with E-state index in [-0.39, 0.29) is 0 Å². The zero-order valence-electron chi connectivity index (χ0n) is 10.2. The molecule has 3 nitrogen and oxygen atoms in total. The molecule has 0 aliphatic carbocycles. The van der Waals surface area contributed by atoms with E-state index in [4.69, 9.17) is 4.74 Å². The third kappa shape index (κ3) is 2.13. The van der Waals surface area contributed by atoms with Crippen LogP contribution in [-0.2, 0) is 4.74 Å². The van der Waals surface area contributed by atoms with E-state index in [1.165, 1.54) is 32.2 Å². The Labute approximate surface area is 98.3 Å². The van der Waals surface area contributed by atoms with Crippen LogP contribution in [0.3, 0.4) is 0 Å². The first-order chi connectivity index (χ1) is 7.83. The van der Waals surface area contributed by atoms with Crippen molar-refractivity contribution in [1.82, 2.24) is 10.6 Å². The second kappa shape index (κ2) is 4.63. The molecule has 2 bridgehead atoms. The highest BCUT2D eigenvalue weighted by Crippen LogP contribution is 2.32. The lowest BCUT2D eigenvalue weighted by atomic mass is 9.89. The second-order valence-corrected chi connectivity index (χ2v) is 5.83. The van der Waals surface area contributed by atoms with Crippen LogP contribution in [0.25, 0.3) is 0 Å². The molecule has 0 aromatic carbocycles. The lowest BCUT2D eigenvalue weighted by Gasteiger charge is -2.22. The van der Waals surface area contributed by atoms with E-state index in [9.17, 15) is 0 Å². The largest absolute Gasteiger partial charge is 0.378 e. The van der Waals surface area contributed by atoms with Crippen molar-refractivity contribution in [3.05, 3.63) is 0 Å². The summed E-state index contributed by atoms with van der Waals surface area (Å²) in [6.45, 7) is 5.52. The quantitative estimate of drug-likeness (QED) is 0.751. The van der Waals surface area contributed by atoms with E-state index < -0.39 is 0 Å². The van der Waals surface area contributed by atoms with Gasteiger partial charge >= 0.3 is 0 Å². The summed E-state index contributed by atoms with van der Waals surface area (Å²) in [6.07, 6.45) is 5.91. The third-order valence-corrected chi connectivity index (χ3v) is 4.78. The van der Waals surface area contributed by atoms with E-state index in [0.29, 0.717) is 6.10 Å². The first-order valence-corrected chi connectivity index (χ1v) is 6.91. The van der Waals surface area contributed by atoms with Crippen molar-refractivity contribution in [2.45, 2.75) is 50.8 Å². The number of rotatable bonds is 4. The molecule has 3 aliphatic rings. The van der Waals surface area contributed by atoms with Crippen LogP contribution in [0.4, 0.5) is 0 Å². The average Bonchev–Trinajstić information content (AvgIpc) is 2.96. The minimum absolute atomic E-state index is 0.464. The van der Waals surface area contributed by atoms with Gasteiger partial charge in [-0.1, -0.05) is 0 Å². The lowest BCUT2D eigenvalue weighted by molar-refractivity contribution is 0.105. The van der Waals surface area contributed by atoms with Crippen molar-refractivity contribution in [3.63, 3.8) is 0 Å². The SMILES string of the molecule is CC1OCCC1CNCC1CC2CCC1N2. The van der Waals surface area contributed by atoms with Crippen LogP contribution in [0.2, 0.25) is 0 Å². The molecule has 92 valence electrons. The van der Waals surface area contributed by atoms with Crippen LogP contribution in [0.15, 0.2) is 0 Å². The molecule has 3 aliphatic heterocycles. The Bertz CT molecular complexity index is 246. The Morgan fingerprint density at radius 3 is 2.69 bits per heavy atom. The molecule has 0 aromatic rings. The fraction of sp³-hybridized carbons (Fsp3) is 1.00. The van der Waals surface area contributed by atoms with Gasteiger partial charge in [-0.3, -0.25) is 0 Å². The molecule has 0 spiro atoms. The van der Waals surface area contributed by atoms with Crippen molar-refractivity contribution in [2.24, 2.45) is 11.8 Å². The van der Waals surface area contributed by atoms with Crippen molar-refractivity contribution < 1.29 is 4.74 Å². The predicted molar refractivity (Wildman–Crippen MR) is 64.4 cm³/mol. The first kappa shape index (κ1) is 11.0. The Kier molecular flexibility index (Phi) is 3.18. The molecule has 0 saturated carbocycles. The van der Waals surface area contributed by atoms with E-state index in [2.05, 4.69) is 17.6 Å². The Hall–Kier alpha value is -0.120. The van der Waals surface area contributed by atoms with Gasteiger partial charge in [0.2, 0.25) is 0 Å². The number of hydrogen-bond donors (Lipinski definition) is 2. The zero-order valence-corrected chi connectivity index (χ0v) is 10.2. The van der Waals surface area contributed by atoms with E-state index in [1.54, 1.807) is 0 Å². The summed E-state index contributed by atoms with van der Waals surface area (Å²) in [5.74, 6) is 1.63. The van der Waals surface area contributed by atoms with Crippen molar-refractivity contribution in [3.8, 4) is 0 Å². The molecule has 3 rings (SSSR count). The van der Waals surface area contributed by atoms with E-state index in [0.717, 1.165) is 37.1 Å². The van der Waals surface area contributed by atoms with Gasteiger partial charge in [-0.15, -0.1) is 0 Å². The fourth-order valence-electron chi connectivity index (χ4n) is 3.66. The van der Waals surface area contributed by atoms with Gasteiger partial charge < -0.3 is 15.4 Å². The molecule has 0 radical (unpaired) electrons. The highest BCUT2D eigenvalue weighted by Gasteiger charge is 2.38. The fourth-order valence-corrected chi connectivity index (χ4v) is 3.66. The predicted octanol–water partition coefficient (Wildman–Crippen LogP) is 1.14. The highest BCUT2D eigenvalue weighted by atomic mass is 16.5. The number of fused-ring (bicyclic) bond motifs is 2. The molecule has 16 heavy (non-hydrogen) atoms. The maximum Gasteiger partial charge on any atom is 0.0588 e. The standard InChI is InChI=1S/C13H24N2O/c1-9-10(4-5-16-9)7-14-8-11-6-12-2-3-13(11)15-12/h9-15H,2-8H2,1H3. The normalized spacial score (nSPS) is 46.7. The summed E-state index contributed by atoms with van der Waals surface area (Å²) in [5, 5.41) is 7.36. The maximum absolute atomic E-state index is 5.58. The summed E-state index contributed by atoms with van der Waals surface area (Å²) < 4.78 is 5.58. The van der Waals surface area contributed by atoms with Gasteiger partial charge in [0.05, 0.1) is 6.10 Å². The minimum Gasteiger partial charge on any atom is -0.378 e. The van der Waals surface area contributed by atoms with Crippen LogP contribution < -0.4 is 10.6 Å². The topological polar surface area (TPSA) is 33.3 Å². The van der Waals surface area contributed by atoms with Gasteiger partial charge in [-0.2, -0.15) is 0 Å². The van der Waals surface area contributed by atoms with Crippen LogP contribution in [0.1, 0.15) is 32.6 Å². The summed E-state index contributed by atoms with van der Waals surface area (Å²) in [4.78, 5) is 0. The highest BCUT2D eigenvalue weighted by molar-refractivity contribution is 4.98. The van der Waals surface area contributed by atoms with Crippen LogP contribution >= 0.6 is 0 Å². The second-order valence-electron chi connectivity index (χ2n) is 5.83. The minimum atomic E-state index is 0.464. The molecular weight excluding hydrogens is 200 g/mol. The molecule has 5 atom stereocenters. The summed E-state index contributed by atoms with van der Waals surface area (Å²) in [5.41, 5.74) is 0. The van der Waals surface area contributed by atoms with Gasteiger partial charge in [-0.05, 0) is 51.0 Å². The van der Waals surface area contributed by atoms with Gasteiger partial charge in [0.15, 0.2) is 0 Å². The number of ether oxygens (including phenoxy) is 1. The maximum atomic E-state index is 5.58. The Morgan fingerprint density at radius 2 is 2.06 bits per heavy atom. The number of nitrogens with one attached hydrogen (secondary N) is 2. The van der Waals surface area contributed by atoms with Crippen LogP contribution in [-0.4, -0.2) is 37.9 Å². The summed E-state index contributed by atoms with van der Waals surface area (Å²) in [7, 11) is 0. The molecule has 5 unspecified atom stereocenters. The molecule has 3 heteroatoms. The molecule has 0 amide bonds. The summed E-state index contributed by atoms with van der Waals surface area (Å²) >= 11 is 0. The van der Waals surface area contributed by atoms with E-state index in [1.807, 2.05) is 0 Å². The van der Waals surface area contributed by atoms with Crippen LogP contribution in [0.5, 0.6) is 0 Å². The Morgan fingerprint density at radius 1 is 1.19 bits per heavy atom. The van der Waals surface area contributed by atoms with Gasteiger partial charge in [-0.25, -0.2) is 0 Å². The van der Waals surface area contributed by atoms with Gasteiger partial charge in [0.25, 0.3) is 0 Å². The number of hydrogen-bond acceptors (Lipinski definition) is 3. The smallest absolute Gasteiger partial charge is 0.0588 e.